The van der Waals surface area contributed by atoms with Gasteiger partial charge in [0, 0.05) is 26.6 Å². The molecule has 23 heavy (non-hydrogen) atoms. The van der Waals surface area contributed by atoms with Crippen LogP contribution in [0.5, 0.6) is 5.75 Å². The van der Waals surface area contributed by atoms with Crippen molar-refractivity contribution in [1.29, 1.82) is 0 Å². The molecule has 1 rings (SSSR count). The van der Waals surface area contributed by atoms with Gasteiger partial charge < -0.3 is 9.64 Å². The van der Waals surface area contributed by atoms with Gasteiger partial charge in [-0.15, -0.1) is 0 Å². The Morgan fingerprint density at radius 2 is 1.87 bits per heavy atom. The molecule has 0 spiro atoms. The molecule has 6 nitrogen and oxygen atoms in total. The fourth-order valence-corrected chi connectivity index (χ4v) is 3.69. The molecule has 0 aliphatic heterocycles. The minimum atomic E-state index is -3.62. The van der Waals surface area contributed by atoms with Crippen molar-refractivity contribution < 1.29 is 17.9 Å². The van der Waals surface area contributed by atoms with Crippen molar-refractivity contribution in [3.63, 3.8) is 0 Å². The molecule has 0 radical (unpaired) electrons. The highest BCUT2D eigenvalue weighted by Crippen LogP contribution is 2.25. The zero-order chi connectivity index (χ0) is 17.6. The second kappa shape index (κ2) is 8.31. The van der Waals surface area contributed by atoms with Crippen LogP contribution in [0.2, 0.25) is 0 Å². The van der Waals surface area contributed by atoms with Crippen LogP contribution in [0.4, 0.5) is 0 Å². The number of carbonyl (C=O) groups is 1. The fourth-order valence-electron chi connectivity index (χ4n) is 2.36. The van der Waals surface area contributed by atoms with Crippen LogP contribution >= 0.6 is 0 Å². The summed E-state index contributed by atoms with van der Waals surface area (Å²) in [6.45, 7) is 8.16. The van der Waals surface area contributed by atoms with Crippen LogP contribution in [0.15, 0.2) is 17.0 Å². The van der Waals surface area contributed by atoms with Crippen molar-refractivity contribution in [3.05, 3.63) is 23.3 Å². The molecule has 130 valence electrons. The Kier molecular flexibility index (Phi) is 7.02. The summed E-state index contributed by atoms with van der Waals surface area (Å²) in [5.41, 5.74) is 1.38. The van der Waals surface area contributed by atoms with E-state index in [9.17, 15) is 13.2 Å². The minimum Gasteiger partial charge on any atom is -0.496 e. The highest BCUT2D eigenvalue weighted by atomic mass is 32.2. The summed E-state index contributed by atoms with van der Waals surface area (Å²) in [5.74, 6) is 0.606. The van der Waals surface area contributed by atoms with Crippen LogP contribution in [0.25, 0.3) is 0 Å². The van der Waals surface area contributed by atoms with Gasteiger partial charge in [-0.3, -0.25) is 4.79 Å². The summed E-state index contributed by atoms with van der Waals surface area (Å²) in [7, 11) is -2.06. The van der Waals surface area contributed by atoms with Crippen LogP contribution in [-0.4, -0.2) is 46.0 Å². The fraction of sp³-hybridized carbons (Fsp3) is 0.562. The van der Waals surface area contributed by atoms with E-state index in [0.717, 1.165) is 12.0 Å². The van der Waals surface area contributed by atoms with Gasteiger partial charge in [0.15, 0.2) is 0 Å². The molecule has 0 atom stereocenters. The number of carbonyl (C=O) groups excluding carboxylic acids is 1. The lowest BCUT2D eigenvalue weighted by molar-refractivity contribution is -0.128. The number of methoxy groups -OCH3 is 1. The van der Waals surface area contributed by atoms with Gasteiger partial charge in [-0.1, -0.05) is 6.92 Å². The van der Waals surface area contributed by atoms with Gasteiger partial charge in [0.25, 0.3) is 0 Å². The Hall–Kier alpha value is -1.60. The van der Waals surface area contributed by atoms with Crippen LogP contribution < -0.4 is 9.46 Å². The number of hydrogen-bond acceptors (Lipinski definition) is 4. The predicted molar refractivity (Wildman–Crippen MR) is 90.2 cm³/mol. The van der Waals surface area contributed by atoms with Crippen molar-refractivity contribution in [3.8, 4) is 5.75 Å². The summed E-state index contributed by atoms with van der Waals surface area (Å²) in [6, 6.07) is 3.31. The number of nitrogens with zero attached hydrogens (tertiary/aromatic N) is 1. The summed E-state index contributed by atoms with van der Waals surface area (Å²) >= 11 is 0. The molecule has 0 heterocycles. The zero-order valence-electron chi connectivity index (χ0n) is 14.5. The molecule has 1 aromatic rings. The van der Waals surface area contributed by atoms with Crippen molar-refractivity contribution in [2.24, 2.45) is 0 Å². The SMILES string of the molecule is CCCN(CCNS(=O)(=O)c1cc(C)c(OC)cc1C)C(C)=O. The van der Waals surface area contributed by atoms with Gasteiger partial charge >= 0.3 is 0 Å². The standard InChI is InChI=1S/C16H26N2O4S/c1-6-8-18(14(4)19)9-7-17-23(20,21)16-11-12(2)15(22-5)10-13(16)3/h10-11,17H,6-9H2,1-5H3. The molecule has 1 amide bonds. The summed E-state index contributed by atoms with van der Waals surface area (Å²) in [5, 5.41) is 0. The van der Waals surface area contributed by atoms with E-state index in [2.05, 4.69) is 4.72 Å². The average molecular weight is 342 g/mol. The first kappa shape index (κ1) is 19.4. The normalized spacial score (nSPS) is 11.3. The minimum absolute atomic E-state index is 0.0532. The van der Waals surface area contributed by atoms with Gasteiger partial charge in [0.2, 0.25) is 15.9 Å². The summed E-state index contributed by atoms with van der Waals surface area (Å²) in [6.07, 6.45) is 0.836. The van der Waals surface area contributed by atoms with E-state index in [1.165, 1.54) is 6.92 Å². The molecule has 0 fully saturated rings. The number of rotatable bonds is 8. The Morgan fingerprint density at radius 3 is 2.39 bits per heavy atom. The third-order valence-electron chi connectivity index (χ3n) is 3.59. The molecule has 0 bridgehead atoms. The number of benzene rings is 1. The van der Waals surface area contributed by atoms with E-state index in [1.54, 1.807) is 38.0 Å². The molecule has 0 aliphatic carbocycles. The van der Waals surface area contributed by atoms with E-state index in [1.807, 2.05) is 6.92 Å². The Bertz CT molecular complexity index is 656. The molecule has 0 aliphatic rings. The molecule has 0 aromatic heterocycles. The van der Waals surface area contributed by atoms with E-state index in [0.29, 0.717) is 24.4 Å². The molecular formula is C16H26N2O4S. The van der Waals surface area contributed by atoms with Gasteiger partial charge in [-0.05, 0) is 43.5 Å². The first-order valence-electron chi connectivity index (χ1n) is 7.63. The second-order valence-corrected chi connectivity index (χ2v) is 7.23. The van der Waals surface area contributed by atoms with E-state index < -0.39 is 10.0 Å². The Balaban J connectivity index is 2.84. The number of hydrogen-bond donors (Lipinski definition) is 1. The van der Waals surface area contributed by atoms with Crippen molar-refractivity contribution in [2.75, 3.05) is 26.7 Å². The molecular weight excluding hydrogens is 316 g/mol. The molecule has 1 N–H and O–H groups in total. The molecule has 0 saturated carbocycles. The second-order valence-electron chi connectivity index (χ2n) is 5.49. The molecule has 0 saturated heterocycles. The number of ether oxygens (including phenoxy) is 1. The first-order chi connectivity index (χ1) is 10.7. The van der Waals surface area contributed by atoms with Crippen molar-refractivity contribution in [2.45, 2.75) is 39.0 Å². The average Bonchev–Trinajstić information content (AvgIpc) is 2.47. The maximum atomic E-state index is 12.5. The molecule has 1 aromatic carbocycles. The van der Waals surface area contributed by atoms with Gasteiger partial charge in [-0.2, -0.15) is 0 Å². The van der Waals surface area contributed by atoms with Crippen molar-refractivity contribution >= 4 is 15.9 Å². The van der Waals surface area contributed by atoms with Crippen LogP contribution in [0.3, 0.4) is 0 Å². The lowest BCUT2D eigenvalue weighted by Crippen LogP contribution is -2.38. The number of nitrogens with one attached hydrogen (secondary N) is 1. The summed E-state index contributed by atoms with van der Waals surface area (Å²) < 4.78 is 32.7. The van der Waals surface area contributed by atoms with Gasteiger partial charge in [0.1, 0.15) is 5.75 Å². The van der Waals surface area contributed by atoms with Gasteiger partial charge in [-0.25, -0.2) is 13.1 Å². The van der Waals surface area contributed by atoms with Crippen LogP contribution in [0, 0.1) is 13.8 Å². The van der Waals surface area contributed by atoms with Crippen LogP contribution in [0.1, 0.15) is 31.4 Å². The van der Waals surface area contributed by atoms with E-state index >= 15 is 0 Å². The lowest BCUT2D eigenvalue weighted by atomic mass is 10.1. The highest BCUT2D eigenvalue weighted by Gasteiger charge is 2.19. The van der Waals surface area contributed by atoms with Crippen molar-refractivity contribution in [1.82, 2.24) is 9.62 Å². The summed E-state index contributed by atoms with van der Waals surface area (Å²) in [4.78, 5) is 13.3. The smallest absolute Gasteiger partial charge is 0.240 e. The third kappa shape index (κ3) is 5.21. The topological polar surface area (TPSA) is 75.7 Å². The van der Waals surface area contributed by atoms with E-state index in [-0.39, 0.29) is 17.3 Å². The first-order valence-corrected chi connectivity index (χ1v) is 9.11. The molecule has 0 unspecified atom stereocenters. The van der Waals surface area contributed by atoms with Gasteiger partial charge in [0.05, 0.1) is 12.0 Å². The van der Waals surface area contributed by atoms with E-state index in [4.69, 9.17) is 4.74 Å². The lowest BCUT2D eigenvalue weighted by Gasteiger charge is -2.20. The number of amides is 1. The number of sulfonamides is 1. The quantitative estimate of drug-likeness (QED) is 0.782. The largest absolute Gasteiger partial charge is 0.496 e. The van der Waals surface area contributed by atoms with Crippen LogP contribution in [-0.2, 0) is 14.8 Å². The number of aryl methyl sites for hydroxylation is 2. The Labute approximate surface area is 138 Å². The molecule has 7 heteroatoms. The predicted octanol–water partition coefficient (Wildman–Crippen LogP) is 1.85. The highest BCUT2D eigenvalue weighted by molar-refractivity contribution is 7.89. The monoisotopic (exact) mass is 342 g/mol. The maximum Gasteiger partial charge on any atom is 0.240 e. The Morgan fingerprint density at radius 1 is 1.22 bits per heavy atom. The third-order valence-corrected chi connectivity index (χ3v) is 5.20. The maximum absolute atomic E-state index is 12.5. The zero-order valence-corrected chi connectivity index (χ0v) is 15.3.